The molecule has 4 unspecified atom stereocenters. The molecule has 21 nitrogen and oxygen atoms in total. The Morgan fingerprint density at radius 2 is 0.692 bits per heavy atom. The minimum atomic E-state index is -0.962. The number of carboxylic acids is 5. The maximum Gasteiger partial charge on any atom is 0.303 e. The van der Waals surface area contributed by atoms with E-state index < -0.39 is 54.3 Å². The van der Waals surface area contributed by atoms with Crippen LogP contribution < -0.4 is 0 Å². The normalized spacial score (nSPS) is 14.6. The Kier molecular flexibility index (Phi) is 19.2. The van der Waals surface area contributed by atoms with Crippen molar-refractivity contribution in [2.24, 2.45) is 0 Å². The molecular formula is C70H78N8O13. The van der Waals surface area contributed by atoms with Gasteiger partial charge in [0.2, 0.25) is 0 Å². The van der Waals surface area contributed by atoms with E-state index in [0.29, 0.717) is 95.3 Å². The molecule has 0 saturated carbocycles. The summed E-state index contributed by atoms with van der Waals surface area (Å²) in [7, 11) is 0. The number of carbonyl (C=O) groups is 5. The van der Waals surface area contributed by atoms with E-state index in [2.05, 4.69) is 19.9 Å². The molecule has 16 bridgehead atoms. The van der Waals surface area contributed by atoms with Gasteiger partial charge in [0.05, 0.1) is 70.0 Å². The first-order valence-corrected chi connectivity index (χ1v) is 30.3. The van der Waals surface area contributed by atoms with Gasteiger partial charge in [-0.25, -0.2) is 19.9 Å². The number of fused-ring (bicyclic) bond motifs is 16. The monoisotopic (exact) mass is 1240 g/mol. The molecule has 0 radical (unpaired) electrons. The zero-order valence-corrected chi connectivity index (χ0v) is 53.5. The van der Waals surface area contributed by atoms with E-state index in [9.17, 15) is 49.8 Å². The van der Waals surface area contributed by atoms with Crippen LogP contribution in [0.15, 0.2) is 48.5 Å². The van der Waals surface area contributed by atoms with Crippen LogP contribution in [0.4, 0.5) is 0 Å². The highest BCUT2D eigenvalue weighted by Crippen LogP contribution is 2.43. The van der Waals surface area contributed by atoms with E-state index >= 15 is 0 Å². The predicted molar refractivity (Wildman–Crippen MR) is 351 cm³/mol. The average Bonchev–Trinajstić information content (AvgIpc) is 1.76. The van der Waals surface area contributed by atoms with Crippen LogP contribution in [0, 0.1) is 27.7 Å². The quantitative estimate of drug-likeness (QED) is 0.0381. The Morgan fingerprint density at radius 3 is 1.12 bits per heavy atom. The smallest absolute Gasteiger partial charge is 0.303 e. The highest BCUT2D eigenvalue weighted by atomic mass is 16.5. The lowest BCUT2D eigenvalue weighted by atomic mass is 9.98. The Labute approximate surface area is 525 Å². The highest BCUT2D eigenvalue weighted by molar-refractivity contribution is 5.99. The van der Waals surface area contributed by atoms with Crippen LogP contribution in [0.3, 0.4) is 0 Å². The minimum absolute atomic E-state index is 0.129. The van der Waals surface area contributed by atoms with E-state index in [1.54, 1.807) is 13.8 Å². The van der Waals surface area contributed by atoms with Crippen LogP contribution in [0.2, 0.25) is 0 Å². The number of rotatable bonds is 18. The fourth-order valence-corrected chi connectivity index (χ4v) is 13.0. The first-order chi connectivity index (χ1) is 42.9. The Morgan fingerprint density at radius 1 is 0.385 bits per heavy atom. The Balaban J connectivity index is 0.00000238. The van der Waals surface area contributed by atoms with Crippen LogP contribution in [-0.4, -0.2) is 112 Å². The van der Waals surface area contributed by atoms with Gasteiger partial charge in [-0.15, -0.1) is 0 Å². The molecule has 4 aliphatic rings. The number of hydrogen-bond donors (Lipinski definition) is 11. The van der Waals surface area contributed by atoms with E-state index in [-0.39, 0.29) is 51.4 Å². The molecule has 6 aromatic heterocycles. The Bertz CT molecular complexity index is 4540. The fraction of sp³-hybridized carbons (Fsp3) is 0.357. The number of nitrogens with zero attached hydrogens (tertiary/aromatic N) is 4. The summed E-state index contributed by atoms with van der Waals surface area (Å²) in [4.78, 5) is 92.1. The van der Waals surface area contributed by atoms with Gasteiger partial charge in [-0.2, -0.15) is 0 Å². The lowest BCUT2D eigenvalue weighted by molar-refractivity contribution is -0.137. The van der Waals surface area contributed by atoms with Crippen molar-refractivity contribution in [3.63, 3.8) is 0 Å². The largest absolute Gasteiger partial charge is 0.481 e. The third kappa shape index (κ3) is 13.6. The summed E-state index contributed by atoms with van der Waals surface area (Å²) in [5.41, 5.74) is 22.5. The second-order valence-corrected chi connectivity index (χ2v) is 23.9. The highest BCUT2D eigenvalue weighted by Gasteiger charge is 2.29. The first-order valence-electron chi connectivity index (χ1n) is 30.3. The molecule has 6 aromatic rings. The van der Waals surface area contributed by atoms with Crippen molar-refractivity contribution in [2.45, 2.75) is 166 Å². The molecule has 0 aromatic carbocycles. The molecule has 476 valence electrons. The van der Waals surface area contributed by atoms with Crippen LogP contribution in [0.1, 0.15) is 216 Å². The number of H-pyrrole nitrogens is 4. The van der Waals surface area contributed by atoms with E-state index in [1.165, 1.54) is 0 Å². The number of aliphatic hydroxyl groups excluding tert-OH is 2. The van der Waals surface area contributed by atoms with Gasteiger partial charge in [0, 0.05) is 99.0 Å². The molecule has 0 aliphatic carbocycles. The fourth-order valence-electron chi connectivity index (χ4n) is 13.0. The Hall–Kier alpha value is -9.57. The van der Waals surface area contributed by atoms with Crippen LogP contribution in [-0.2, 0) is 35.1 Å². The van der Waals surface area contributed by atoms with Crippen molar-refractivity contribution in [3.05, 3.63) is 139 Å². The summed E-state index contributed by atoms with van der Waals surface area (Å²) in [6.07, 6.45) is -2.72. The molecule has 21 heteroatoms. The molecule has 0 saturated heterocycles. The summed E-state index contributed by atoms with van der Waals surface area (Å²) in [5, 5.41) is 69.6. The number of nitrogens with one attached hydrogen (secondary N) is 4. The molecule has 4 atom stereocenters. The number of aromatic nitrogens is 8. The number of allylic oxidation sites excluding steroid dienone is 7. The maximum atomic E-state index is 12.2. The van der Waals surface area contributed by atoms with Crippen molar-refractivity contribution in [3.8, 4) is 0 Å². The molecular weight excluding hydrogens is 1160 g/mol. The molecule has 10 rings (SSSR count). The summed E-state index contributed by atoms with van der Waals surface area (Å²) in [6.45, 7) is 24.0. The molecule has 91 heavy (non-hydrogen) atoms. The van der Waals surface area contributed by atoms with E-state index in [4.69, 9.17) is 34.6 Å². The molecule has 0 amide bonds. The van der Waals surface area contributed by atoms with Gasteiger partial charge in [-0.05, 0) is 224 Å². The summed E-state index contributed by atoms with van der Waals surface area (Å²) < 4.78 is 7.28. The number of aromatic amines is 4. The predicted octanol–water partition coefficient (Wildman–Crippen LogP) is 13.9. The second kappa shape index (κ2) is 26.5. The van der Waals surface area contributed by atoms with Crippen molar-refractivity contribution in [1.82, 2.24) is 39.9 Å². The van der Waals surface area contributed by atoms with E-state index in [0.717, 1.165) is 90.4 Å². The number of ether oxygens (including phenoxy) is 1. The number of aryl methyl sites for hydroxylation is 5. The number of hydrogen-bond acceptors (Lipinski definition) is 12. The number of aliphatic carboxylic acids is 5. The van der Waals surface area contributed by atoms with E-state index in [1.807, 2.05) is 118 Å². The van der Waals surface area contributed by atoms with Crippen LogP contribution in [0.25, 0.3) is 88.7 Å². The van der Waals surface area contributed by atoms with Gasteiger partial charge in [0.15, 0.2) is 0 Å². The van der Waals surface area contributed by atoms with Gasteiger partial charge in [0.25, 0.3) is 5.97 Å². The van der Waals surface area contributed by atoms with Crippen LogP contribution in [0.5, 0.6) is 0 Å². The molecule has 11 N–H and O–H groups in total. The summed E-state index contributed by atoms with van der Waals surface area (Å²) >= 11 is 0. The summed E-state index contributed by atoms with van der Waals surface area (Å²) in [5.74, 6) is -4.66. The average molecular weight is 1240 g/mol. The van der Waals surface area contributed by atoms with Gasteiger partial charge >= 0.3 is 23.9 Å². The third-order valence-electron chi connectivity index (χ3n) is 17.7. The molecule has 4 aliphatic heterocycles. The minimum Gasteiger partial charge on any atom is -0.481 e. The summed E-state index contributed by atoms with van der Waals surface area (Å²) in [6, 6.07) is 15.3. The van der Waals surface area contributed by atoms with Gasteiger partial charge in [-0.3, -0.25) is 24.0 Å². The molecule has 10 heterocycles. The van der Waals surface area contributed by atoms with Crippen LogP contribution >= 0.6 is 0 Å². The van der Waals surface area contributed by atoms with Crippen molar-refractivity contribution in [2.75, 3.05) is 0 Å². The zero-order valence-electron chi connectivity index (χ0n) is 53.5. The molecule has 0 fully saturated rings. The van der Waals surface area contributed by atoms with Crippen molar-refractivity contribution < 1.29 is 64.5 Å². The molecule has 0 spiro atoms. The van der Waals surface area contributed by atoms with Gasteiger partial charge in [-0.1, -0.05) is 0 Å². The number of carboxylic acid groups (broad SMARTS) is 5. The standard InChI is InChI=1S/C68H74N8O11.C2H4O2/c1-29-41(13-17-61(79)80)53-28-56-44(16-20-64(85)86)32(4)48(72-56)24-59-68(36(8)52(76-59)25-58-65(37(9)77)33(5)49(73-58)21-45(29)69-53)40(12)87-39(11)67-35(7)50-22-46-30(2)42(14-18-62(81)82)54(70-46)27-55-43(15-19-63(83)84)31(3)47(71-55)23-57-66(38(10)78)34(6)51(74-57)26-60(67)75-50;1-2(3)4/h21-28,37-40,72,74-78H,13-20H2,1-12H3,(H,79,80)(H,81,82)(H,83,84)(H,85,86);1H3,(H,3,4). The lowest BCUT2D eigenvalue weighted by Crippen LogP contribution is -2.06. The van der Waals surface area contributed by atoms with Crippen molar-refractivity contribution >= 4 is 119 Å². The topological polar surface area (TPSA) is 351 Å². The third-order valence-corrected chi connectivity index (χ3v) is 17.7. The zero-order chi connectivity index (χ0) is 66.3. The maximum absolute atomic E-state index is 12.2. The first kappa shape index (κ1) is 65.9. The second-order valence-electron chi connectivity index (χ2n) is 23.9. The van der Waals surface area contributed by atoms with Crippen molar-refractivity contribution in [1.29, 1.82) is 0 Å². The van der Waals surface area contributed by atoms with Gasteiger partial charge in [0.1, 0.15) is 0 Å². The van der Waals surface area contributed by atoms with Gasteiger partial charge < -0.3 is 60.4 Å². The number of aliphatic hydroxyl groups is 2. The lowest BCUT2D eigenvalue weighted by Gasteiger charge is -2.20. The SMILES string of the molecule is CC(=O)O.CC1=C(CCC(=O)O)c2cc3nc(cc4[nH]c(cc5[nH]c(cc1n2)c(C)c5C(C)OC(C)c1c(C)c2cc5nc(cc6nc(cc7[nH]c(cc1[nH]2)c(C)c7CCC(=O)O)C(CCC(=O)O)=C6C)C(C)=C5C(C)O)c(C)c4C(C)O)C(C)=C3CCC(=O)O.